The van der Waals surface area contributed by atoms with Crippen LogP contribution >= 0.6 is 0 Å². The molecule has 0 radical (unpaired) electrons. The Bertz CT molecular complexity index is 586. The highest BCUT2D eigenvalue weighted by molar-refractivity contribution is 5.94. The zero-order chi connectivity index (χ0) is 11.7. The quantitative estimate of drug-likeness (QED) is 0.758. The van der Waals surface area contributed by atoms with Crippen molar-refractivity contribution in [2.45, 2.75) is 24.9 Å². The standard InChI is InChI=1S/C15H14N2/c1-16-15(10-5-11-15)17-14-9-4-7-12-6-2-3-8-13(12)14/h2-4,6-9,17H,5,10-11H2. The van der Waals surface area contributed by atoms with Gasteiger partial charge in [0.25, 0.3) is 0 Å². The van der Waals surface area contributed by atoms with Gasteiger partial charge in [-0.15, -0.1) is 0 Å². The van der Waals surface area contributed by atoms with E-state index in [-0.39, 0.29) is 5.66 Å². The lowest BCUT2D eigenvalue weighted by Crippen LogP contribution is -2.41. The molecular weight excluding hydrogens is 208 g/mol. The SMILES string of the molecule is [C-]#[N+]C1(Nc2cccc3ccccc23)CCC1. The van der Waals surface area contributed by atoms with Crippen LogP contribution in [0.15, 0.2) is 42.5 Å². The summed E-state index contributed by atoms with van der Waals surface area (Å²) in [6.07, 6.45) is 3.07. The topological polar surface area (TPSA) is 16.4 Å². The number of fused-ring (bicyclic) bond motifs is 1. The minimum absolute atomic E-state index is 0.343. The van der Waals surface area contributed by atoms with Crippen molar-refractivity contribution >= 4 is 16.5 Å². The van der Waals surface area contributed by atoms with E-state index in [2.05, 4.69) is 34.4 Å². The molecular formula is C15H14N2. The Hall–Kier alpha value is -2.01. The van der Waals surface area contributed by atoms with Crippen LogP contribution in [0.25, 0.3) is 15.6 Å². The summed E-state index contributed by atoms with van der Waals surface area (Å²) in [6.45, 7) is 7.33. The summed E-state index contributed by atoms with van der Waals surface area (Å²) in [5.74, 6) is 0. The van der Waals surface area contributed by atoms with Crippen molar-refractivity contribution < 1.29 is 0 Å². The molecule has 3 rings (SSSR count). The van der Waals surface area contributed by atoms with Gasteiger partial charge in [0.2, 0.25) is 0 Å². The molecule has 0 saturated heterocycles. The molecule has 1 saturated carbocycles. The minimum atomic E-state index is -0.343. The summed E-state index contributed by atoms with van der Waals surface area (Å²) in [5, 5.41) is 5.85. The van der Waals surface area contributed by atoms with E-state index in [0.717, 1.165) is 24.9 Å². The van der Waals surface area contributed by atoms with Crippen LogP contribution < -0.4 is 5.32 Å². The first kappa shape index (κ1) is 10.2. The highest BCUT2D eigenvalue weighted by atomic mass is 15.1. The first-order chi connectivity index (χ1) is 8.33. The second kappa shape index (κ2) is 3.78. The van der Waals surface area contributed by atoms with Gasteiger partial charge in [-0.25, -0.2) is 6.57 Å². The predicted octanol–water partition coefficient (Wildman–Crippen LogP) is 4.05. The molecule has 2 heteroatoms. The van der Waals surface area contributed by atoms with E-state index in [4.69, 9.17) is 6.57 Å². The average Bonchev–Trinajstić information content (AvgIpc) is 2.34. The van der Waals surface area contributed by atoms with Crippen molar-refractivity contribution in [1.29, 1.82) is 0 Å². The van der Waals surface area contributed by atoms with Crippen molar-refractivity contribution in [3.8, 4) is 0 Å². The molecule has 1 aliphatic rings. The maximum absolute atomic E-state index is 7.33. The Labute approximate surface area is 101 Å². The first-order valence-electron chi connectivity index (χ1n) is 5.98. The lowest BCUT2D eigenvalue weighted by Gasteiger charge is -2.31. The Morgan fingerprint density at radius 1 is 1.06 bits per heavy atom. The smallest absolute Gasteiger partial charge is 0.305 e. The van der Waals surface area contributed by atoms with Gasteiger partial charge in [-0.1, -0.05) is 36.4 Å². The predicted molar refractivity (Wildman–Crippen MR) is 70.8 cm³/mol. The molecule has 84 valence electrons. The van der Waals surface area contributed by atoms with Gasteiger partial charge < -0.3 is 5.32 Å². The van der Waals surface area contributed by atoms with Gasteiger partial charge in [0.1, 0.15) is 0 Å². The highest BCUT2D eigenvalue weighted by Gasteiger charge is 2.43. The fourth-order valence-electron chi connectivity index (χ4n) is 2.36. The Balaban J connectivity index is 2.04. The van der Waals surface area contributed by atoms with E-state index in [1.165, 1.54) is 10.8 Å². The van der Waals surface area contributed by atoms with Crippen molar-refractivity contribution in [1.82, 2.24) is 0 Å². The Kier molecular flexibility index (Phi) is 2.26. The summed E-state index contributed by atoms with van der Waals surface area (Å²) in [5.41, 5.74) is 0.739. The van der Waals surface area contributed by atoms with Crippen molar-refractivity contribution in [2.24, 2.45) is 0 Å². The number of hydrogen-bond donors (Lipinski definition) is 1. The van der Waals surface area contributed by atoms with Crippen LogP contribution in [-0.4, -0.2) is 5.66 Å². The van der Waals surface area contributed by atoms with E-state index in [0.29, 0.717) is 0 Å². The number of rotatable bonds is 2. The molecule has 0 aliphatic heterocycles. The van der Waals surface area contributed by atoms with Crippen LogP contribution in [-0.2, 0) is 0 Å². The van der Waals surface area contributed by atoms with Crippen LogP contribution in [0.4, 0.5) is 5.69 Å². The molecule has 0 bridgehead atoms. The van der Waals surface area contributed by atoms with Crippen molar-refractivity contribution in [3.63, 3.8) is 0 Å². The van der Waals surface area contributed by atoms with Gasteiger partial charge >= 0.3 is 5.66 Å². The van der Waals surface area contributed by atoms with E-state index >= 15 is 0 Å². The number of hydrogen-bond acceptors (Lipinski definition) is 1. The number of nitrogens with zero attached hydrogens (tertiary/aromatic N) is 1. The summed E-state index contributed by atoms with van der Waals surface area (Å²) < 4.78 is 0. The minimum Gasteiger partial charge on any atom is -0.314 e. The molecule has 1 fully saturated rings. The molecule has 1 N–H and O–H groups in total. The zero-order valence-corrected chi connectivity index (χ0v) is 9.61. The van der Waals surface area contributed by atoms with E-state index in [1.807, 2.05) is 18.2 Å². The second-order valence-electron chi connectivity index (χ2n) is 4.65. The summed E-state index contributed by atoms with van der Waals surface area (Å²) in [6, 6.07) is 14.5. The van der Waals surface area contributed by atoms with Gasteiger partial charge in [-0.05, 0) is 17.9 Å². The highest BCUT2D eigenvalue weighted by Crippen LogP contribution is 2.38. The molecule has 2 aromatic rings. The van der Waals surface area contributed by atoms with Crippen LogP contribution in [0.1, 0.15) is 19.3 Å². The van der Waals surface area contributed by atoms with Gasteiger partial charge in [-0.2, -0.15) is 0 Å². The molecule has 0 atom stereocenters. The fraction of sp³-hybridized carbons (Fsp3) is 0.267. The molecule has 2 aromatic carbocycles. The molecule has 0 amide bonds. The largest absolute Gasteiger partial charge is 0.314 e. The second-order valence-corrected chi connectivity index (χ2v) is 4.65. The molecule has 0 heterocycles. The van der Waals surface area contributed by atoms with Crippen LogP contribution in [0.5, 0.6) is 0 Å². The van der Waals surface area contributed by atoms with Crippen LogP contribution in [0, 0.1) is 6.57 Å². The monoisotopic (exact) mass is 222 g/mol. The third-order valence-electron chi connectivity index (χ3n) is 3.55. The Morgan fingerprint density at radius 2 is 1.82 bits per heavy atom. The van der Waals surface area contributed by atoms with Crippen molar-refractivity contribution in [2.75, 3.05) is 5.32 Å². The third-order valence-corrected chi connectivity index (χ3v) is 3.55. The van der Waals surface area contributed by atoms with Crippen LogP contribution in [0.3, 0.4) is 0 Å². The third kappa shape index (κ3) is 1.64. The lowest BCUT2D eigenvalue weighted by atomic mass is 9.85. The molecule has 2 nitrogen and oxygen atoms in total. The molecule has 0 unspecified atom stereocenters. The lowest BCUT2D eigenvalue weighted by molar-refractivity contribution is 0.344. The van der Waals surface area contributed by atoms with E-state index in [1.54, 1.807) is 0 Å². The van der Waals surface area contributed by atoms with Gasteiger partial charge in [0, 0.05) is 23.9 Å². The molecule has 0 spiro atoms. The summed E-state index contributed by atoms with van der Waals surface area (Å²) in [7, 11) is 0. The zero-order valence-electron chi connectivity index (χ0n) is 9.61. The number of anilines is 1. The number of benzene rings is 2. The van der Waals surface area contributed by atoms with Gasteiger partial charge in [0.05, 0.1) is 0 Å². The molecule has 0 aromatic heterocycles. The van der Waals surface area contributed by atoms with Crippen LogP contribution in [0.2, 0.25) is 0 Å². The Morgan fingerprint density at radius 3 is 2.53 bits per heavy atom. The maximum atomic E-state index is 7.33. The van der Waals surface area contributed by atoms with Gasteiger partial charge in [0.15, 0.2) is 0 Å². The van der Waals surface area contributed by atoms with E-state index < -0.39 is 0 Å². The number of nitrogens with one attached hydrogen (secondary N) is 1. The van der Waals surface area contributed by atoms with Crippen molar-refractivity contribution in [3.05, 3.63) is 53.9 Å². The fourth-order valence-corrected chi connectivity index (χ4v) is 2.36. The van der Waals surface area contributed by atoms with Gasteiger partial charge in [-0.3, -0.25) is 4.85 Å². The molecule has 1 aliphatic carbocycles. The average molecular weight is 222 g/mol. The summed E-state index contributed by atoms with van der Waals surface area (Å²) >= 11 is 0. The maximum Gasteiger partial charge on any atom is 0.305 e. The summed E-state index contributed by atoms with van der Waals surface area (Å²) in [4.78, 5) is 3.77. The van der Waals surface area contributed by atoms with E-state index in [9.17, 15) is 0 Å². The molecule has 17 heavy (non-hydrogen) atoms. The normalized spacial score (nSPS) is 17.1. The first-order valence-corrected chi connectivity index (χ1v) is 5.98.